The zero-order chi connectivity index (χ0) is 20.0. The number of anilines is 1. The Bertz CT molecular complexity index is 854. The lowest BCUT2D eigenvalue weighted by molar-refractivity contribution is -0.119. The fraction of sp³-hybridized carbons (Fsp3) is 0.200. The highest BCUT2D eigenvalue weighted by Gasteiger charge is 2.17. The lowest BCUT2D eigenvalue weighted by atomic mass is 10.0. The van der Waals surface area contributed by atoms with Gasteiger partial charge in [0, 0.05) is 17.3 Å². The van der Waals surface area contributed by atoms with E-state index in [1.807, 2.05) is 0 Å². The summed E-state index contributed by atoms with van der Waals surface area (Å²) in [7, 11) is 0. The van der Waals surface area contributed by atoms with Crippen LogP contribution in [0.3, 0.4) is 0 Å². The summed E-state index contributed by atoms with van der Waals surface area (Å²) < 4.78 is 26.7. The average Bonchev–Trinajstić information content (AvgIpc) is 2.63. The Hall–Kier alpha value is -2.73. The lowest BCUT2D eigenvalue weighted by Crippen LogP contribution is -2.25. The van der Waals surface area contributed by atoms with E-state index < -0.39 is 11.7 Å². The summed E-state index contributed by atoms with van der Waals surface area (Å²) in [6.07, 6.45) is 0.760. The number of hydrogen-bond acceptors (Lipinski definition) is 2. The number of carbonyl (C=O) groups is 2. The molecule has 0 saturated heterocycles. The molecule has 0 aliphatic rings. The molecule has 0 radical (unpaired) electrons. The standard InChI is InChI=1S/C20H19ClF2N2O2/c1-12(19(26)25-15-10-8-14(22)9-11-15)6-7-13(2)24-20(27)16-4-3-5-17(21)18(16)23/h3-5,8-12H,2,6-7H2,1H3,(H,24,27)(H,25,26)/t12-/m1/s1. The van der Waals surface area contributed by atoms with Crippen LogP contribution in [0.5, 0.6) is 0 Å². The predicted octanol–water partition coefficient (Wildman–Crippen LogP) is 4.92. The van der Waals surface area contributed by atoms with Crippen molar-refractivity contribution in [3.63, 3.8) is 0 Å². The van der Waals surface area contributed by atoms with Crippen LogP contribution in [-0.2, 0) is 4.79 Å². The van der Waals surface area contributed by atoms with Gasteiger partial charge < -0.3 is 10.6 Å². The van der Waals surface area contributed by atoms with Crippen molar-refractivity contribution in [3.05, 3.63) is 77.0 Å². The first kappa shape index (κ1) is 20.6. The Morgan fingerprint density at radius 1 is 1.15 bits per heavy atom. The molecule has 4 nitrogen and oxygen atoms in total. The van der Waals surface area contributed by atoms with Crippen molar-refractivity contribution >= 4 is 29.1 Å². The van der Waals surface area contributed by atoms with E-state index in [-0.39, 0.29) is 28.2 Å². The molecule has 7 heteroatoms. The van der Waals surface area contributed by atoms with Crippen molar-refractivity contribution in [3.8, 4) is 0 Å². The summed E-state index contributed by atoms with van der Waals surface area (Å²) >= 11 is 5.66. The van der Waals surface area contributed by atoms with Gasteiger partial charge in [0.2, 0.25) is 5.91 Å². The van der Waals surface area contributed by atoms with Crippen molar-refractivity contribution in [2.24, 2.45) is 5.92 Å². The van der Waals surface area contributed by atoms with Crippen LogP contribution >= 0.6 is 11.6 Å². The van der Waals surface area contributed by atoms with E-state index in [4.69, 9.17) is 11.6 Å². The third-order valence-corrected chi connectivity index (χ3v) is 4.22. The quantitative estimate of drug-likeness (QED) is 0.702. The molecule has 0 aromatic heterocycles. The van der Waals surface area contributed by atoms with Gasteiger partial charge in [0.05, 0.1) is 10.6 Å². The minimum atomic E-state index is -0.795. The lowest BCUT2D eigenvalue weighted by Gasteiger charge is -2.14. The van der Waals surface area contributed by atoms with E-state index in [1.165, 1.54) is 42.5 Å². The van der Waals surface area contributed by atoms with Crippen LogP contribution in [0.15, 0.2) is 54.7 Å². The maximum Gasteiger partial charge on any atom is 0.258 e. The van der Waals surface area contributed by atoms with E-state index in [0.29, 0.717) is 24.2 Å². The van der Waals surface area contributed by atoms with Gasteiger partial charge in [0.1, 0.15) is 5.82 Å². The Labute approximate surface area is 161 Å². The minimum absolute atomic E-state index is 0.139. The van der Waals surface area contributed by atoms with Crippen LogP contribution in [0.1, 0.15) is 30.1 Å². The molecule has 1 atom stereocenters. The maximum atomic E-state index is 13.9. The number of allylic oxidation sites excluding steroid dienone is 1. The van der Waals surface area contributed by atoms with E-state index in [1.54, 1.807) is 6.92 Å². The molecular formula is C20H19ClF2N2O2. The first-order chi connectivity index (χ1) is 12.8. The highest BCUT2D eigenvalue weighted by Crippen LogP contribution is 2.19. The van der Waals surface area contributed by atoms with Crippen LogP contribution in [0.4, 0.5) is 14.5 Å². The van der Waals surface area contributed by atoms with Gasteiger partial charge in [-0.3, -0.25) is 9.59 Å². The normalized spacial score (nSPS) is 11.6. The van der Waals surface area contributed by atoms with E-state index >= 15 is 0 Å². The monoisotopic (exact) mass is 392 g/mol. The van der Waals surface area contributed by atoms with Crippen molar-refractivity contribution in [2.75, 3.05) is 5.32 Å². The van der Waals surface area contributed by atoms with Gasteiger partial charge in [0.25, 0.3) is 5.91 Å². The molecule has 142 valence electrons. The van der Waals surface area contributed by atoms with Crippen molar-refractivity contribution in [1.29, 1.82) is 0 Å². The fourth-order valence-electron chi connectivity index (χ4n) is 2.29. The minimum Gasteiger partial charge on any atom is -0.326 e. The molecule has 2 aromatic carbocycles. The second-order valence-electron chi connectivity index (χ2n) is 6.09. The topological polar surface area (TPSA) is 58.2 Å². The second-order valence-corrected chi connectivity index (χ2v) is 6.50. The highest BCUT2D eigenvalue weighted by atomic mass is 35.5. The number of amides is 2. The molecule has 0 aliphatic heterocycles. The number of rotatable bonds is 7. The van der Waals surface area contributed by atoms with Gasteiger partial charge in [-0.05, 0) is 49.2 Å². The molecule has 0 saturated carbocycles. The van der Waals surface area contributed by atoms with Crippen molar-refractivity contribution in [1.82, 2.24) is 5.32 Å². The molecular weight excluding hydrogens is 374 g/mol. The summed E-state index contributed by atoms with van der Waals surface area (Å²) in [4.78, 5) is 24.2. The fourth-order valence-corrected chi connectivity index (χ4v) is 2.46. The van der Waals surface area contributed by atoms with Gasteiger partial charge in [0.15, 0.2) is 5.82 Å². The van der Waals surface area contributed by atoms with Crippen LogP contribution < -0.4 is 10.6 Å². The summed E-state index contributed by atoms with van der Waals surface area (Å²) in [5.74, 6) is -2.43. The van der Waals surface area contributed by atoms with Crippen LogP contribution in [0.25, 0.3) is 0 Å². The Morgan fingerprint density at radius 2 is 1.81 bits per heavy atom. The molecule has 27 heavy (non-hydrogen) atoms. The molecule has 0 fully saturated rings. The van der Waals surface area contributed by atoms with Crippen molar-refractivity contribution in [2.45, 2.75) is 19.8 Å². The summed E-state index contributed by atoms with van der Waals surface area (Å²) in [5, 5.41) is 5.06. The Morgan fingerprint density at radius 3 is 2.48 bits per heavy atom. The zero-order valence-corrected chi connectivity index (χ0v) is 15.4. The third-order valence-electron chi connectivity index (χ3n) is 3.92. The number of nitrogens with one attached hydrogen (secondary N) is 2. The zero-order valence-electron chi connectivity index (χ0n) is 14.7. The number of benzene rings is 2. The molecule has 2 aromatic rings. The Kier molecular flexibility index (Phi) is 7.07. The van der Waals surface area contributed by atoms with Gasteiger partial charge in [-0.2, -0.15) is 0 Å². The largest absolute Gasteiger partial charge is 0.326 e. The van der Waals surface area contributed by atoms with Crippen LogP contribution in [0.2, 0.25) is 5.02 Å². The van der Waals surface area contributed by atoms with Gasteiger partial charge in [-0.15, -0.1) is 0 Å². The molecule has 2 amide bonds. The smallest absolute Gasteiger partial charge is 0.258 e. The average molecular weight is 393 g/mol. The number of hydrogen-bond donors (Lipinski definition) is 2. The summed E-state index contributed by atoms with van der Waals surface area (Å²) in [6.45, 7) is 5.46. The van der Waals surface area contributed by atoms with Gasteiger partial charge >= 0.3 is 0 Å². The molecule has 2 rings (SSSR count). The van der Waals surface area contributed by atoms with E-state index in [2.05, 4.69) is 17.2 Å². The van der Waals surface area contributed by atoms with Crippen LogP contribution in [0, 0.1) is 17.6 Å². The van der Waals surface area contributed by atoms with Crippen LogP contribution in [-0.4, -0.2) is 11.8 Å². The molecule has 0 bridgehead atoms. The van der Waals surface area contributed by atoms with Gasteiger partial charge in [-0.25, -0.2) is 8.78 Å². The number of carbonyl (C=O) groups excluding carboxylic acids is 2. The highest BCUT2D eigenvalue weighted by molar-refractivity contribution is 6.31. The maximum absolute atomic E-state index is 13.9. The molecule has 2 N–H and O–H groups in total. The predicted molar refractivity (Wildman–Crippen MR) is 101 cm³/mol. The number of halogens is 3. The SMILES string of the molecule is C=C(CC[C@@H](C)C(=O)Nc1ccc(F)cc1)NC(=O)c1cccc(Cl)c1F. The molecule has 0 heterocycles. The summed E-state index contributed by atoms with van der Waals surface area (Å²) in [5.41, 5.74) is 0.684. The van der Waals surface area contributed by atoms with Crippen molar-refractivity contribution < 1.29 is 18.4 Å². The first-order valence-electron chi connectivity index (χ1n) is 8.27. The van der Waals surface area contributed by atoms with E-state index in [9.17, 15) is 18.4 Å². The third kappa shape index (κ3) is 5.89. The molecule has 0 unspecified atom stereocenters. The summed E-state index contributed by atoms with van der Waals surface area (Å²) in [6, 6.07) is 9.61. The van der Waals surface area contributed by atoms with E-state index in [0.717, 1.165) is 0 Å². The Balaban J connectivity index is 1.83. The first-order valence-corrected chi connectivity index (χ1v) is 8.65. The van der Waals surface area contributed by atoms with Gasteiger partial charge in [-0.1, -0.05) is 31.2 Å². The molecule has 0 spiro atoms. The second kappa shape index (κ2) is 9.28. The molecule has 0 aliphatic carbocycles.